The highest BCUT2D eigenvalue weighted by Crippen LogP contribution is 2.23. The van der Waals surface area contributed by atoms with Crippen LogP contribution in [0.4, 0.5) is 0 Å². The summed E-state index contributed by atoms with van der Waals surface area (Å²) in [5.74, 6) is 1.34. The fraction of sp³-hybridized carbons (Fsp3) is 0.120. The largest absolute Gasteiger partial charge is 0.462 e. The van der Waals surface area contributed by atoms with E-state index < -0.39 is 0 Å². The van der Waals surface area contributed by atoms with E-state index in [2.05, 4.69) is 10.1 Å². The minimum Gasteiger partial charge on any atom is -0.462 e. The van der Waals surface area contributed by atoms with E-state index in [1.165, 1.54) is 15.9 Å². The van der Waals surface area contributed by atoms with Crippen molar-refractivity contribution in [1.29, 1.82) is 0 Å². The number of fused-ring (bicyclic) bond motifs is 1. The van der Waals surface area contributed by atoms with Crippen molar-refractivity contribution in [3.05, 3.63) is 92.4 Å². The molecule has 3 heterocycles. The number of thiazole rings is 1. The SMILES string of the molecule is CCOC(=O)c1ccc(-c2ccc(/C=c3\sc4nc(-c5ccc(C)cc5)nn4c3=O)o2)cc1. The topological polar surface area (TPSA) is 86.7 Å². The molecule has 3 aromatic heterocycles. The molecule has 0 spiro atoms. The van der Waals surface area contributed by atoms with Crippen LogP contribution >= 0.6 is 11.3 Å². The molecule has 0 N–H and O–H groups in total. The Balaban J connectivity index is 1.42. The average Bonchev–Trinajstić information content (AvgIpc) is 3.52. The molecule has 0 unspecified atom stereocenters. The smallest absolute Gasteiger partial charge is 0.338 e. The third-order valence-electron chi connectivity index (χ3n) is 5.07. The molecular weight excluding hydrogens is 438 g/mol. The first-order valence-electron chi connectivity index (χ1n) is 10.4. The van der Waals surface area contributed by atoms with Gasteiger partial charge in [0.1, 0.15) is 16.1 Å². The van der Waals surface area contributed by atoms with Crippen LogP contribution in [0, 0.1) is 6.92 Å². The molecule has 2 aromatic carbocycles. The average molecular weight is 458 g/mol. The number of carbonyl (C=O) groups is 1. The predicted molar refractivity (Wildman–Crippen MR) is 126 cm³/mol. The number of esters is 1. The summed E-state index contributed by atoms with van der Waals surface area (Å²) in [6, 6.07) is 18.4. The van der Waals surface area contributed by atoms with E-state index in [1.807, 2.05) is 37.3 Å². The highest BCUT2D eigenvalue weighted by molar-refractivity contribution is 7.15. The van der Waals surface area contributed by atoms with Crippen LogP contribution in [0.25, 0.3) is 33.7 Å². The third-order valence-corrected chi connectivity index (χ3v) is 6.03. The lowest BCUT2D eigenvalue weighted by molar-refractivity contribution is 0.0526. The summed E-state index contributed by atoms with van der Waals surface area (Å²) in [5.41, 5.74) is 3.07. The number of benzene rings is 2. The van der Waals surface area contributed by atoms with Crippen molar-refractivity contribution in [3.8, 4) is 22.7 Å². The Hall–Kier alpha value is -4.04. The lowest BCUT2D eigenvalue weighted by Gasteiger charge is -2.02. The molecule has 5 rings (SSSR count). The highest BCUT2D eigenvalue weighted by Gasteiger charge is 2.13. The Kier molecular flexibility index (Phi) is 5.35. The lowest BCUT2D eigenvalue weighted by Crippen LogP contribution is -2.23. The van der Waals surface area contributed by atoms with Gasteiger partial charge >= 0.3 is 5.97 Å². The molecule has 0 aliphatic rings. The Morgan fingerprint density at radius 1 is 1.06 bits per heavy atom. The maximum Gasteiger partial charge on any atom is 0.338 e. The molecule has 0 bridgehead atoms. The van der Waals surface area contributed by atoms with E-state index in [-0.39, 0.29) is 11.5 Å². The van der Waals surface area contributed by atoms with Gasteiger partial charge in [-0.15, -0.1) is 5.10 Å². The Bertz CT molecular complexity index is 1560. The first-order valence-corrected chi connectivity index (χ1v) is 11.2. The second kappa shape index (κ2) is 8.48. The van der Waals surface area contributed by atoms with Crippen LogP contribution in [0.3, 0.4) is 0 Å². The summed E-state index contributed by atoms with van der Waals surface area (Å²) >= 11 is 1.26. The van der Waals surface area contributed by atoms with Crippen molar-refractivity contribution in [1.82, 2.24) is 14.6 Å². The number of rotatable bonds is 5. The number of hydrogen-bond acceptors (Lipinski definition) is 7. The normalized spacial score (nSPS) is 11.9. The van der Waals surface area contributed by atoms with Crippen LogP contribution in [-0.4, -0.2) is 27.2 Å². The first-order chi connectivity index (χ1) is 16.0. The highest BCUT2D eigenvalue weighted by atomic mass is 32.1. The van der Waals surface area contributed by atoms with E-state index in [4.69, 9.17) is 9.15 Å². The van der Waals surface area contributed by atoms with Crippen molar-refractivity contribution in [2.24, 2.45) is 0 Å². The number of furan rings is 1. The molecule has 5 aromatic rings. The Labute approximate surface area is 192 Å². The van der Waals surface area contributed by atoms with Gasteiger partial charge in [-0.05, 0) is 38.1 Å². The van der Waals surface area contributed by atoms with Crippen molar-refractivity contribution >= 4 is 28.3 Å². The van der Waals surface area contributed by atoms with Gasteiger partial charge in [0.2, 0.25) is 4.96 Å². The minimum absolute atomic E-state index is 0.238. The zero-order valence-corrected chi connectivity index (χ0v) is 18.8. The fourth-order valence-corrected chi connectivity index (χ4v) is 4.25. The van der Waals surface area contributed by atoms with Gasteiger partial charge in [-0.2, -0.15) is 9.50 Å². The zero-order chi connectivity index (χ0) is 22.9. The molecule has 0 aliphatic carbocycles. The van der Waals surface area contributed by atoms with Gasteiger partial charge < -0.3 is 9.15 Å². The van der Waals surface area contributed by atoms with E-state index in [1.54, 1.807) is 43.3 Å². The number of ether oxygens (including phenoxy) is 1. The van der Waals surface area contributed by atoms with Gasteiger partial charge in [0, 0.05) is 17.2 Å². The number of aryl methyl sites for hydroxylation is 1. The standard InChI is InChI=1S/C25H19N3O4S/c1-3-31-24(30)18-10-8-16(9-11-18)20-13-12-19(32-20)14-21-23(29)28-25(33-21)26-22(27-28)17-6-4-15(2)5-7-17/h4-14H,3H2,1-2H3/b21-14-. The summed E-state index contributed by atoms with van der Waals surface area (Å²) in [6.07, 6.45) is 1.69. The molecule has 164 valence electrons. The van der Waals surface area contributed by atoms with Crippen molar-refractivity contribution < 1.29 is 13.9 Å². The molecule has 0 atom stereocenters. The summed E-state index contributed by atoms with van der Waals surface area (Å²) in [5, 5.41) is 4.38. The van der Waals surface area contributed by atoms with Crippen LogP contribution in [0.2, 0.25) is 0 Å². The Morgan fingerprint density at radius 3 is 2.48 bits per heavy atom. The second-order valence-corrected chi connectivity index (χ2v) is 8.42. The van der Waals surface area contributed by atoms with Crippen molar-refractivity contribution in [3.63, 3.8) is 0 Å². The lowest BCUT2D eigenvalue weighted by atomic mass is 10.1. The van der Waals surface area contributed by atoms with Gasteiger partial charge in [0.15, 0.2) is 5.82 Å². The molecular formula is C25H19N3O4S. The van der Waals surface area contributed by atoms with Crippen LogP contribution in [0.15, 0.2) is 69.9 Å². The molecule has 33 heavy (non-hydrogen) atoms. The van der Waals surface area contributed by atoms with Crippen LogP contribution < -0.4 is 10.1 Å². The van der Waals surface area contributed by atoms with Crippen LogP contribution in [0.5, 0.6) is 0 Å². The number of nitrogens with zero attached hydrogens (tertiary/aromatic N) is 3. The van der Waals surface area contributed by atoms with E-state index >= 15 is 0 Å². The predicted octanol–water partition coefficient (Wildman–Crippen LogP) is 4.11. The monoisotopic (exact) mass is 457 g/mol. The van der Waals surface area contributed by atoms with Gasteiger partial charge in [-0.3, -0.25) is 4.79 Å². The first kappa shape index (κ1) is 20.8. The summed E-state index contributed by atoms with van der Waals surface area (Å²) in [6.45, 7) is 4.11. The van der Waals surface area contributed by atoms with E-state index in [0.29, 0.717) is 39.0 Å². The summed E-state index contributed by atoms with van der Waals surface area (Å²) in [4.78, 5) is 29.7. The van der Waals surface area contributed by atoms with Crippen LogP contribution in [-0.2, 0) is 4.74 Å². The van der Waals surface area contributed by atoms with Gasteiger partial charge in [0.25, 0.3) is 5.56 Å². The van der Waals surface area contributed by atoms with E-state index in [0.717, 1.165) is 16.7 Å². The fourth-order valence-electron chi connectivity index (χ4n) is 3.36. The van der Waals surface area contributed by atoms with Gasteiger partial charge in [-0.25, -0.2) is 4.79 Å². The summed E-state index contributed by atoms with van der Waals surface area (Å²) in [7, 11) is 0. The molecule has 0 saturated carbocycles. The molecule has 8 heteroatoms. The van der Waals surface area contributed by atoms with Crippen molar-refractivity contribution in [2.45, 2.75) is 13.8 Å². The third kappa shape index (κ3) is 4.08. The minimum atomic E-state index is -0.359. The molecule has 0 amide bonds. The molecule has 0 fully saturated rings. The Morgan fingerprint density at radius 2 is 1.79 bits per heavy atom. The molecule has 0 aliphatic heterocycles. The number of carbonyl (C=O) groups excluding carboxylic acids is 1. The van der Waals surface area contributed by atoms with Crippen LogP contribution in [0.1, 0.15) is 28.6 Å². The number of aromatic nitrogens is 3. The van der Waals surface area contributed by atoms with E-state index in [9.17, 15) is 9.59 Å². The summed E-state index contributed by atoms with van der Waals surface area (Å²) < 4.78 is 12.7. The second-order valence-electron chi connectivity index (χ2n) is 7.41. The molecule has 0 saturated heterocycles. The van der Waals surface area contributed by atoms with Gasteiger partial charge in [-0.1, -0.05) is 53.3 Å². The molecule has 7 nitrogen and oxygen atoms in total. The van der Waals surface area contributed by atoms with Gasteiger partial charge in [0.05, 0.1) is 12.2 Å². The maximum absolute atomic E-state index is 12.8. The zero-order valence-electron chi connectivity index (χ0n) is 17.9. The maximum atomic E-state index is 12.8. The number of hydrogen-bond donors (Lipinski definition) is 0. The van der Waals surface area contributed by atoms with Crippen molar-refractivity contribution in [2.75, 3.05) is 6.61 Å². The molecule has 0 radical (unpaired) electrons. The quantitative estimate of drug-likeness (QED) is 0.369.